The molecule has 0 amide bonds. The predicted molar refractivity (Wildman–Crippen MR) is 69.3 cm³/mol. The molecule has 0 radical (unpaired) electrons. The lowest BCUT2D eigenvalue weighted by Gasteiger charge is -2.17. The number of nitrogen functional groups attached to an aromatic ring is 1. The zero-order valence-electron chi connectivity index (χ0n) is 9.95. The number of benzene rings is 2. The third-order valence-corrected chi connectivity index (χ3v) is 2.74. The molecule has 0 bridgehead atoms. The molecule has 2 aromatic rings. The molecular formula is C14H14F2N2. The maximum absolute atomic E-state index is 13.1. The molecule has 18 heavy (non-hydrogen) atoms. The molecule has 0 aliphatic heterocycles. The van der Waals surface area contributed by atoms with Crippen LogP contribution in [0.2, 0.25) is 0 Å². The average Bonchev–Trinajstić information content (AvgIpc) is 2.34. The van der Waals surface area contributed by atoms with Crippen molar-refractivity contribution >= 4 is 11.4 Å². The second kappa shape index (κ2) is 5.04. The van der Waals surface area contributed by atoms with E-state index in [4.69, 9.17) is 5.73 Å². The van der Waals surface area contributed by atoms with Crippen LogP contribution in [0.1, 0.15) is 18.5 Å². The van der Waals surface area contributed by atoms with Crippen LogP contribution in [0.25, 0.3) is 0 Å². The third kappa shape index (κ3) is 2.77. The van der Waals surface area contributed by atoms with E-state index in [0.717, 1.165) is 5.56 Å². The van der Waals surface area contributed by atoms with Gasteiger partial charge in [-0.3, -0.25) is 0 Å². The summed E-state index contributed by atoms with van der Waals surface area (Å²) in [6.07, 6.45) is 0. The number of nitrogens with two attached hydrogens (primary N) is 1. The van der Waals surface area contributed by atoms with Gasteiger partial charge < -0.3 is 11.1 Å². The van der Waals surface area contributed by atoms with Gasteiger partial charge in [-0.2, -0.15) is 0 Å². The van der Waals surface area contributed by atoms with Gasteiger partial charge >= 0.3 is 0 Å². The molecule has 0 spiro atoms. The van der Waals surface area contributed by atoms with Crippen molar-refractivity contribution in [3.05, 3.63) is 59.7 Å². The first-order chi connectivity index (χ1) is 8.56. The Morgan fingerprint density at radius 2 is 1.78 bits per heavy atom. The topological polar surface area (TPSA) is 38.0 Å². The van der Waals surface area contributed by atoms with Crippen molar-refractivity contribution in [1.82, 2.24) is 0 Å². The quantitative estimate of drug-likeness (QED) is 0.812. The summed E-state index contributed by atoms with van der Waals surface area (Å²) in [6.45, 7) is 1.86. The Hall–Kier alpha value is -2.10. The lowest BCUT2D eigenvalue weighted by Crippen LogP contribution is -2.08. The monoisotopic (exact) mass is 248 g/mol. The molecule has 0 aromatic heterocycles. The highest BCUT2D eigenvalue weighted by Gasteiger charge is 2.08. The second-order valence-corrected chi connectivity index (χ2v) is 4.15. The van der Waals surface area contributed by atoms with Crippen molar-refractivity contribution < 1.29 is 8.78 Å². The van der Waals surface area contributed by atoms with E-state index in [-0.39, 0.29) is 17.7 Å². The van der Waals surface area contributed by atoms with Gasteiger partial charge in [-0.1, -0.05) is 12.1 Å². The highest BCUT2D eigenvalue weighted by Crippen LogP contribution is 2.25. The summed E-state index contributed by atoms with van der Waals surface area (Å²) in [5, 5.41) is 3.06. The van der Waals surface area contributed by atoms with E-state index in [9.17, 15) is 8.78 Å². The first-order valence-corrected chi connectivity index (χ1v) is 5.63. The van der Waals surface area contributed by atoms with Crippen molar-refractivity contribution in [2.24, 2.45) is 0 Å². The Morgan fingerprint density at radius 3 is 2.50 bits per heavy atom. The standard InChI is InChI=1S/C14H14F2N2/c1-9(10-3-2-4-11(15)7-10)18-14-8-12(16)5-6-13(14)17/h2-9,18H,17H2,1H3. The van der Waals surface area contributed by atoms with E-state index < -0.39 is 0 Å². The smallest absolute Gasteiger partial charge is 0.125 e. The van der Waals surface area contributed by atoms with Crippen LogP contribution in [0.4, 0.5) is 20.2 Å². The molecular weight excluding hydrogens is 234 g/mol. The van der Waals surface area contributed by atoms with Crippen LogP contribution >= 0.6 is 0 Å². The molecule has 0 heterocycles. The molecule has 4 heteroatoms. The predicted octanol–water partition coefficient (Wildman–Crippen LogP) is 3.72. The van der Waals surface area contributed by atoms with E-state index in [1.54, 1.807) is 12.1 Å². The second-order valence-electron chi connectivity index (χ2n) is 4.15. The van der Waals surface area contributed by atoms with Crippen LogP contribution in [-0.4, -0.2) is 0 Å². The number of anilines is 2. The van der Waals surface area contributed by atoms with Crippen molar-refractivity contribution in [1.29, 1.82) is 0 Å². The van der Waals surface area contributed by atoms with Gasteiger partial charge in [-0.05, 0) is 42.8 Å². The van der Waals surface area contributed by atoms with Crippen LogP contribution in [0.15, 0.2) is 42.5 Å². The van der Waals surface area contributed by atoms with Crippen molar-refractivity contribution in [3.63, 3.8) is 0 Å². The molecule has 2 rings (SSSR count). The minimum Gasteiger partial charge on any atom is -0.397 e. The summed E-state index contributed by atoms with van der Waals surface area (Å²) >= 11 is 0. The van der Waals surface area contributed by atoms with Crippen LogP contribution < -0.4 is 11.1 Å². The highest BCUT2D eigenvalue weighted by molar-refractivity contribution is 5.66. The van der Waals surface area contributed by atoms with Crippen LogP contribution in [0, 0.1) is 11.6 Å². The van der Waals surface area contributed by atoms with Crippen LogP contribution in [0.3, 0.4) is 0 Å². The number of halogens is 2. The molecule has 0 saturated carbocycles. The molecule has 0 saturated heterocycles. The fourth-order valence-corrected chi connectivity index (χ4v) is 1.75. The van der Waals surface area contributed by atoms with Gasteiger partial charge in [0.15, 0.2) is 0 Å². The van der Waals surface area contributed by atoms with E-state index >= 15 is 0 Å². The van der Waals surface area contributed by atoms with Gasteiger partial charge in [-0.25, -0.2) is 8.78 Å². The van der Waals surface area contributed by atoms with Gasteiger partial charge in [0.1, 0.15) is 11.6 Å². The average molecular weight is 248 g/mol. The number of nitrogens with one attached hydrogen (secondary N) is 1. The summed E-state index contributed by atoms with van der Waals surface area (Å²) in [6, 6.07) is 10.2. The van der Waals surface area contributed by atoms with Gasteiger partial charge in [0, 0.05) is 6.04 Å². The van der Waals surface area contributed by atoms with Gasteiger partial charge in [-0.15, -0.1) is 0 Å². The lowest BCUT2D eigenvalue weighted by molar-refractivity contribution is 0.623. The minimum atomic E-state index is -0.363. The van der Waals surface area contributed by atoms with Gasteiger partial charge in [0.25, 0.3) is 0 Å². The molecule has 0 aliphatic carbocycles. The molecule has 0 aliphatic rings. The summed E-state index contributed by atoms with van der Waals surface area (Å²) in [7, 11) is 0. The molecule has 2 aromatic carbocycles. The van der Waals surface area contributed by atoms with Crippen molar-refractivity contribution in [3.8, 4) is 0 Å². The van der Waals surface area contributed by atoms with Crippen LogP contribution in [-0.2, 0) is 0 Å². The van der Waals surface area contributed by atoms with Crippen molar-refractivity contribution in [2.45, 2.75) is 13.0 Å². The van der Waals surface area contributed by atoms with E-state index in [1.807, 2.05) is 6.92 Å². The van der Waals surface area contributed by atoms with E-state index in [0.29, 0.717) is 11.4 Å². The molecule has 1 unspecified atom stereocenters. The number of hydrogen-bond acceptors (Lipinski definition) is 2. The molecule has 0 fully saturated rings. The minimum absolute atomic E-state index is 0.162. The van der Waals surface area contributed by atoms with E-state index in [1.165, 1.54) is 30.3 Å². The maximum atomic E-state index is 13.1. The SMILES string of the molecule is CC(Nc1cc(F)ccc1N)c1cccc(F)c1. The van der Waals surface area contributed by atoms with Crippen molar-refractivity contribution in [2.75, 3.05) is 11.1 Å². The van der Waals surface area contributed by atoms with E-state index in [2.05, 4.69) is 5.32 Å². The fourth-order valence-electron chi connectivity index (χ4n) is 1.75. The van der Waals surface area contributed by atoms with Crippen LogP contribution in [0.5, 0.6) is 0 Å². The van der Waals surface area contributed by atoms with Gasteiger partial charge in [0.05, 0.1) is 11.4 Å². The molecule has 3 N–H and O–H groups in total. The Kier molecular flexibility index (Phi) is 3.46. The lowest BCUT2D eigenvalue weighted by atomic mass is 10.1. The zero-order valence-corrected chi connectivity index (χ0v) is 9.95. The number of hydrogen-bond donors (Lipinski definition) is 2. The summed E-state index contributed by atoms with van der Waals surface area (Å²) < 4.78 is 26.2. The molecule has 94 valence electrons. The fraction of sp³-hybridized carbons (Fsp3) is 0.143. The Labute approximate surface area is 104 Å². The first kappa shape index (κ1) is 12.4. The number of rotatable bonds is 3. The van der Waals surface area contributed by atoms with Gasteiger partial charge in [0.2, 0.25) is 0 Å². The summed E-state index contributed by atoms with van der Waals surface area (Å²) in [5.74, 6) is -0.661. The Morgan fingerprint density at radius 1 is 1.06 bits per heavy atom. The Bertz CT molecular complexity index is 555. The summed E-state index contributed by atoms with van der Waals surface area (Å²) in [4.78, 5) is 0. The summed E-state index contributed by atoms with van der Waals surface area (Å²) in [5.41, 5.74) is 7.48. The normalized spacial score (nSPS) is 12.2. The maximum Gasteiger partial charge on any atom is 0.125 e. The third-order valence-electron chi connectivity index (χ3n) is 2.74. The first-order valence-electron chi connectivity index (χ1n) is 5.63. The highest BCUT2D eigenvalue weighted by atomic mass is 19.1. The molecule has 1 atom stereocenters. The largest absolute Gasteiger partial charge is 0.397 e. The Balaban J connectivity index is 2.21. The zero-order chi connectivity index (χ0) is 13.1. The molecule has 2 nitrogen and oxygen atoms in total.